The summed E-state index contributed by atoms with van der Waals surface area (Å²) < 4.78 is 83.2. The normalized spacial score (nSPS) is 17.1. The van der Waals surface area contributed by atoms with Gasteiger partial charge >= 0.3 is 0 Å². The van der Waals surface area contributed by atoms with Crippen molar-refractivity contribution in [2.24, 2.45) is 9.98 Å². The zero-order valence-corrected chi connectivity index (χ0v) is 27.1. The highest BCUT2D eigenvalue weighted by molar-refractivity contribution is 7.26. The van der Waals surface area contributed by atoms with Gasteiger partial charge in [-0.05, 0) is 47.0 Å². The number of thiophene rings is 1. The number of amidine groups is 2. The Morgan fingerprint density at radius 3 is 2.06 bits per heavy atom. The van der Waals surface area contributed by atoms with E-state index in [1.165, 1.54) is 29.5 Å². The summed E-state index contributed by atoms with van der Waals surface area (Å²) in [5.74, 6) is 0.980. The molecule has 3 heterocycles. The van der Waals surface area contributed by atoms with Crippen LogP contribution in [0.1, 0.15) is 35.2 Å². The minimum Gasteiger partial charge on any atom is -0.324 e. The fourth-order valence-electron chi connectivity index (χ4n) is 6.71. The lowest BCUT2D eigenvalue weighted by Crippen LogP contribution is -2.36. The van der Waals surface area contributed by atoms with E-state index in [1.54, 1.807) is 16.7 Å². The summed E-state index contributed by atoms with van der Waals surface area (Å²) in [4.78, 5) is 10.2. The van der Waals surface area contributed by atoms with Crippen molar-refractivity contribution in [1.29, 1.82) is 0 Å². The van der Waals surface area contributed by atoms with Crippen LogP contribution in [0.2, 0.25) is 0 Å². The van der Waals surface area contributed by atoms with Crippen LogP contribution in [0.4, 0.5) is 0 Å². The Balaban J connectivity index is 1.33. The lowest BCUT2D eigenvalue weighted by molar-refractivity contribution is 0.755. The number of hydrogen-bond acceptors (Lipinski definition) is 4. The molecule has 4 nitrogen and oxygen atoms in total. The molecule has 0 spiro atoms. The van der Waals surface area contributed by atoms with Gasteiger partial charge < -0.3 is 9.88 Å². The molecule has 9 aromatic rings. The number of nitrogens with zero attached hydrogens (tertiary/aromatic N) is 3. The predicted octanol–water partition coefficient (Wildman–Crippen LogP) is 11.3. The maximum absolute atomic E-state index is 9.26. The molecule has 1 N–H and O–H groups in total. The molecule has 1 unspecified atom stereocenters. The van der Waals surface area contributed by atoms with E-state index in [0.29, 0.717) is 38.7 Å². The van der Waals surface area contributed by atoms with E-state index in [-0.39, 0.29) is 76.2 Å². The second-order valence-electron chi connectivity index (χ2n) is 11.9. The second-order valence-corrected chi connectivity index (χ2v) is 12.9. The molecule has 1 aliphatic rings. The summed E-state index contributed by atoms with van der Waals surface area (Å²) in [7, 11) is 0. The summed E-state index contributed by atoms with van der Waals surface area (Å²) in [5.41, 5.74) is 4.18. The number of para-hydroxylation sites is 2. The van der Waals surface area contributed by atoms with Crippen LogP contribution in [0.3, 0.4) is 0 Å². The average Bonchev–Trinajstić information content (AvgIpc) is 3.80. The van der Waals surface area contributed by atoms with Crippen molar-refractivity contribution in [1.82, 2.24) is 9.88 Å². The van der Waals surface area contributed by atoms with Crippen molar-refractivity contribution in [2.75, 3.05) is 0 Å². The third-order valence-corrected chi connectivity index (χ3v) is 10.2. The van der Waals surface area contributed by atoms with Crippen LogP contribution < -0.4 is 5.32 Å². The summed E-state index contributed by atoms with van der Waals surface area (Å²) in [6.07, 6.45) is -0.656. The highest BCUT2D eigenvalue weighted by Gasteiger charge is 2.25. The fraction of sp³-hybridized carbons (Fsp3) is 0.0222. The van der Waals surface area contributed by atoms with E-state index < -0.39 is 6.17 Å². The summed E-state index contributed by atoms with van der Waals surface area (Å²) >= 11 is 1.38. The van der Waals surface area contributed by atoms with Gasteiger partial charge in [0.25, 0.3) is 0 Å². The van der Waals surface area contributed by atoms with Crippen LogP contribution in [-0.2, 0) is 0 Å². The van der Waals surface area contributed by atoms with Crippen molar-refractivity contribution in [2.45, 2.75) is 6.17 Å². The first-order chi connectivity index (χ1) is 28.5. The minimum atomic E-state index is -0.656. The Kier molecular flexibility index (Phi) is 4.89. The number of fused-ring (bicyclic) bond motifs is 6. The molecule has 0 radical (unpaired) electrons. The Labute approximate surface area is 306 Å². The van der Waals surface area contributed by atoms with E-state index >= 15 is 0 Å². The van der Waals surface area contributed by atoms with E-state index in [9.17, 15) is 4.11 Å². The monoisotopic (exact) mass is 667 g/mol. The van der Waals surface area contributed by atoms with Crippen LogP contribution >= 0.6 is 11.3 Å². The van der Waals surface area contributed by atoms with E-state index in [2.05, 4.69) is 5.32 Å². The van der Waals surface area contributed by atoms with Gasteiger partial charge in [-0.3, -0.25) is 0 Å². The van der Waals surface area contributed by atoms with E-state index in [0.717, 1.165) is 26.6 Å². The third kappa shape index (κ3) is 4.66. The molecule has 0 bridgehead atoms. The zero-order chi connectivity index (χ0) is 40.9. The minimum absolute atomic E-state index is 0.104. The summed E-state index contributed by atoms with van der Waals surface area (Å²) in [6, 6.07) is 33.9. The van der Waals surface area contributed by atoms with Crippen LogP contribution in [-0.4, -0.2) is 16.2 Å². The third-order valence-electron chi connectivity index (χ3n) is 9.00. The first-order valence-corrected chi connectivity index (χ1v) is 16.9. The van der Waals surface area contributed by atoms with Crippen molar-refractivity contribution in [3.8, 4) is 16.8 Å². The topological polar surface area (TPSA) is 41.7 Å². The molecular weight excluding hydrogens is 629 g/mol. The van der Waals surface area contributed by atoms with Gasteiger partial charge in [-0.2, -0.15) is 0 Å². The maximum Gasteiger partial charge on any atom is 0.169 e. The summed E-state index contributed by atoms with van der Waals surface area (Å²) in [5, 5.41) is 5.27. The van der Waals surface area contributed by atoms with Gasteiger partial charge in [0.15, 0.2) is 6.17 Å². The number of aliphatic imine (C=N–C) groups is 2. The highest BCUT2D eigenvalue weighted by atomic mass is 32.1. The number of benzene rings is 7. The van der Waals surface area contributed by atoms with Gasteiger partial charge in [-0.15, -0.1) is 11.3 Å². The van der Waals surface area contributed by atoms with E-state index in [1.807, 2.05) is 84.9 Å². The van der Waals surface area contributed by atoms with Crippen molar-refractivity contribution < 1.29 is 12.3 Å². The maximum atomic E-state index is 9.26. The van der Waals surface area contributed by atoms with Crippen molar-refractivity contribution >= 4 is 65.0 Å². The smallest absolute Gasteiger partial charge is 0.169 e. The van der Waals surface area contributed by atoms with Crippen molar-refractivity contribution in [3.05, 3.63) is 186 Å². The lowest BCUT2D eigenvalue weighted by Gasteiger charge is -2.24. The van der Waals surface area contributed by atoms with Gasteiger partial charge in [0.2, 0.25) is 0 Å². The quantitative estimate of drug-likeness (QED) is 0.195. The largest absolute Gasteiger partial charge is 0.324 e. The molecule has 1 atom stereocenters. The highest BCUT2D eigenvalue weighted by Crippen LogP contribution is 2.42. The molecule has 10 rings (SSSR count). The van der Waals surface area contributed by atoms with Gasteiger partial charge in [-0.1, -0.05) is 139 Å². The molecule has 7 aromatic carbocycles. The van der Waals surface area contributed by atoms with Gasteiger partial charge in [0.05, 0.1) is 29.1 Å². The Morgan fingerprint density at radius 2 is 1.28 bits per heavy atom. The number of hydrogen-bond donors (Lipinski definition) is 1. The first kappa shape index (κ1) is 20.9. The molecule has 0 fully saturated rings. The molecule has 0 amide bonds. The van der Waals surface area contributed by atoms with Gasteiger partial charge in [0, 0.05) is 42.1 Å². The molecule has 236 valence electrons. The fourth-order valence-corrected chi connectivity index (χ4v) is 7.88. The Hall–Kier alpha value is -6.30. The molecule has 0 saturated carbocycles. The van der Waals surface area contributed by atoms with Crippen LogP contribution in [0.25, 0.3) is 58.8 Å². The van der Waals surface area contributed by atoms with Crippen LogP contribution in [0, 0.1) is 0 Å². The lowest BCUT2D eigenvalue weighted by atomic mass is 9.99. The van der Waals surface area contributed by atoms with Gasteiger partial charge in [0.1, 0.15) is 11.7 Å². The zero-order valence-electron chi connectivity index (χ0n) is 35.3. The molecule has 0 aliphatic carbocycles. The van der Waals surface area contributed by atoms with Crippen LogP contribution in [0.15, 0.2) is 180 Å². The SMILES string of the molecule is [2H]c1cc([2H])c2sc3c(-c4ccc(C5=NC(c6ccccc6)N=C(c6ccccc6)N5)c(-n5c6c([2H])cc([2H])c([2H])c6c6c([2H])c([2H])cc([2H])c65)c4)c([2H])ccc3c2c1. The van der Waals surface area contributed by atoms with E-state index in [4.69, 9.17) is 18.2 Å². The standard InChI is InChI=1S/C45H30N4S/c1-3-14-29(15-4-1)43-46-44(30-16-5-2-6-17-30)48-45(47-43)37-27-26-31(32-21-13-22-36-35-20-9-12-25-41(35)50-42(32)36)28-40(37)49-38-23-10-7-18-33(38)34-19-8-11-24-39(34)49/h1-28,43H,(H,46,47,48)/i7D,8D,9D,18D,19D,21D,23D,24D,25D. The van der Waals surface area contributed by atoms with Gasteiger partial charge in [-0.25, -0.2) is 9.98 Å². The molecule has 5 heteroatoms. The second kappa shape index (κ2) is 11.7. The number of aromatic nitrogens is 1. The average molecular weight is 668 g/mol. The molecular formula is C45H30N4S. The predicted molar refractivity (Wildman–Crippen MR) is 211 cm³/mol. The number of nitrogens with one attached hydrogen (secondary N) is 1. The molecule has 1 aliphatic heterocycles. The number of rotatable bonds is 5. The molecule has 50 heavy (non-hydrogen) atoms. The molecule has 0 saturated heterocycles. The Morgan fingerprint density at radius 1 is 0.560 bits per heavy atom. The van der Waals surface area contributed by atoms with Crippen LogP contribution in [0.5, 0.6) is 0 Å². The summed E-state index contributed by atoms with van der Waals surface area (Å²) in [6.45, 7) is 0. The Bertz CT molecular complexity index is 3230. The molecule has 2 aromatic heterocycles. The van der Waals surface area contributed by atoms with Crippen molar-refractivity contribution in [3.63, 3.8) is 0 Å². The first-order valence-electron chi connectivity index (χ1n) is 20.6.